The van der Waals surface area contributed by atoms with Gasteiger partial charge in [0, 0.05) is 12.1 Å². The number of fused-ring (bicyclic) bond motifs is 2. The zero-order chi connectivity index (χ0) is 14.1. The van der Waals surface area contributed by atoms with E-state index in [4.69, 9.17) is 4.42 Å². The number of piperidine rings is 1. The molecule has 0 radical (unpaired) electrons. The number of carbonyl (C=O) groups is 1. The number of carbonyl (C=O) groups excluding carboxylic acids is 1. The van der Waals surface area contributed by atoms with Crippen molar-refractivity contribution in [3.05, 3.63) is 24.2 Å². The fourth-order valence-corrected chi connectivity index (χ4v) is 3.57. The van der Waals surface area contributed by atoms with Crippen LogP contribution in [0.15, 0.2) is 22.8 Å². The van der Waals surface area contributed by atoms with Crippen LogP contribution in [0.5, 0.6) is 0 Å². The first-order valence-corrected chi connectivity index (χ1v) is 7.40. The van der Waals surface area contributed by atoms with Crippen LogP contribution >= 0.6 is 0 Å². The lowest BCUT2D eigenvalue weighted by molar-refractivity contribution is -0.124. The SMILES string of the molecule is CC(NC(=O)CN1C2CCC1CC(O)C2)c1ccco1. The summed E-state index contributed by atoms with van der Waals surface area (Å²) >= 11 is 0. The predicted octanol–water partition coefficient (Wildman–Crippen LogP) is 1.44. The molecule has 0 spiro atoms. The zero-order valence-corrected chi connectivity index (χ0v) is 11.8. The van der Waals surface area contributed by atoms with Crippen molar-refractivity contribution in [1.29, 1.82) is 0 Å². The summed E-state index contributed by atoms with van der Waals surface area (Å²) in [5, 5.41) is 12.7. The highest BCUT2D eigenvalue weighted by atomic mass is 16.3. The third kappa shape index (κ3) is 2.74. The van der Waals surface area contributed by atoms with E-state index in [9.17, 15) is 9.90 Å². The molecule has 1 aromatic heterocycles. The number of nitrogens with zero attached hydrogens (tertiary/aromatic N) is 1. The molecule has 2 aliphatic heterocycles. The van der Waals surface area contributed by atoms with E-state index in [1.807, 2.05) is 19.1 Å². The predicted molar refractivity (Wildman–Crippen MR) is 74.0 cm³/mol. The van der Waals surface area contributed by atoms with Crippen molar-refractivity contribution >= 4 is 5.91 Å². The Bertz CT molecular complexity index is 446. The van der Waals surface area contributed by atoms with Crippen molar-refractivity contribution in [3.8, 4) is 0 Å². The second-order valence-corrected chi connectivity index (χ2v) is 5.99. The normalized spacial score (nSPS) is 31.2. The first-order chi connectivity index (χ1) is 9.63. The summed E-state index contributed by atoms with van der Waals surface area (Å²) in [6.45, 7) is 2.35. The van der Waals surface area contributed by atoms with Crippen LogP contribution in [-0.2, 0) is 4.79 Å². The lowest BCUT2D eigenvalue weighted by atomic mass is 10.00. The van der Waals surface area contributed by atoms with E-state index in [0.29, 0.717) is 18.6 Å². The molecule has 2 saturated heterocycles. The van der Waals surface area contributed by atoms with Gasteiger partial charge in [-0.25, -0.2) is 0 Å². The third-order valence-electron chi connectivity index (χ3n) is 4.53. The molecular weight excluding hydrogens is 256 g/mol. The van der Waals surface area contributed by atoms with Crippen LogP contribution in [0.3, 0.4) is 0 Å². The van der Waals surface area contributed by atoms with E-state index < -0.39 is 0 Å². The van der Waals surface area contributed by atoms with E-state index in [0.717, 1.165) is 31.4 Å². The molecule has 2 aliphatic rings. The summed E-state index contributed by atoms with van der Waals surface area (Å²) in [5.74, 6) is 0.803. The van der Waals surface area contributed by atoms with Crippen molar-refractivity contribution in [3.63, 3.8) is 0 Å². The van der Waals surface area contributed by atoms with Crippen molar-refractivity contribution in [2.75, 3.05) is 6.54 Å². The summed E-state index contributed by atoms with van der Waals surface area (Å²) < 4.78 is 5.29. The van der Waals surface area contributed by atoms with Crippen LogP contribution in [-0.4, -0.2) is 40.6 Å². The Morgan fingerprint density at radius 3 is 2.80 bits per heavy atom. The van der Waals surface area contributed by atoms with E-state index in [1.54, 1.807) is 6.26 Å². The molecular formula is C15H22N2O3. The third-order valence-corrected chi connectivity index (χ3v) is 4.53. The number of hydrogen-bond donors (Lipinski definition) is 2. The molecule has 0 aliphatic carbocycles. The maximum absolute atomic E-state index is 12.2. The average Bonchev–Trinajstić information content (AvgIpc) is 2.99. The zero-order valence-electron chi connectivity index (χ0n) is 11.8. The number of aliphatic hydroxyl groups excluding tert-OH is 1. The topological polar surface area (TPSA) is 65.7 Å². The van der Waals surface area contributed by atoms with Crippen molar-refractivity contribution in [2.24, 2.45) is 0 Å². The van der Waals surface area contributed by atoms with Crippen LogP contribution in [0.2, 0.25) is 0 Å². The van der Waals surface area contributed by atoms with Crippen LogP contribution in [0.25, 0.3) is 0 Å². The van der Waals surface area contributed by atoms with Crippen LogP contribution in [0.4, 0.5) is 0 Å². The van der Waals surface area contributed by atoms with Crippen LogP contribution in [0, 0.1) is 0 Å². The fourth-order valence-electron chi connectivity index (χ4n) is 3.57. The largest absolute Gasteiger partial charge is 0.467 e. The van der Waals surface area contributed by atoms with Gasteiger partial charge in [-0.3, -0.25) is 9.69 Å². The van der Waals surface area contributed by atoms with E-state index in [1.165, 1.54) is 0 Å². The number of hydrogen-bond acceptors (Lipinski definition) is 4. The van der Waals surface area contributed by atoms with Gasteiger partial charge in [-0.15, -0.1) is 0 Å². The molecule has 0 saturated carbocycles. The quantitative estimate of drug-likeness (QED) is 0.875. The Balaban J connectivity index is 1.54. The molecule has 1 aromatic rings. The Morgan fingerprint density at radius 2 is 2.20 bits per heavy atom. The summed E-state index contributed by atoms with van der Waals surface area (Å²) in [6.07, 6.45) is 5.24. The monoisotopic (exact) mass is 278 g/mol. The van der Waals surface area contributed by atoms with Gasteiger partial charge in [0.15, 0.2) is 0 Å². The number of furan rings is 1. The second kappa shape index (κ2) is 5.58. The number of amides is 1. The second-order valence-electron chi connectivity index (χ2n) is 5.99. The van der Waals surface area contributed by atoms with Crippen molar-refractivity contribution < 1.29 is 14.3 Å². The maximum atomic E-state index is 12.2. The number of nitrogens with one attached hydrogen (secondary N) is 1. The highest BCUT2D eigenvalue weighted by Gasteiger charge is 2.40. The molecule has 5 heteroatoms. The summed E-state index contributed by atoms with van der Waals surface area (Å²) in [5.41, 5.74) is 0. The average molecular weight is 278 g/mol. The lowest BCUT2D eigenvalue weighted by Crippen LogP contribution is -2.49. The highest BCUT2D eigenvalue weighted by molar-refractivity contribution is 5.78. The van der Waals surface area contributed by atoms with Crippen molar-refractivity contribution in [2.45, 2.75) is 56.8 Å². The van der Waals surface area contributed by atoms with Gasteiger partial charge in [-0.1, -0.05) is 0 Å². The minimum absolute atomic E-state index is 0.0298. The van der Waals surface area contributed by atoms with Gasteiger partial charge in [-0.05, 0) is 44.7 Å². The van der Waals surface area contributed by atoms with E-state index in [-0.39, 0.29) is 18.1 Å². The summed E-state index contributed by atoms with van der Waals surface area (Å²) in [6, 6.07) is 4.32. The van der Waals surface area contributed by atoms with Crippen molar-refractivity contribution in [1.82, 2.24) is 10.2 Å². The first kappa shape index (κ1) is 13.6. The number of rotatable bonds is 4. The molecule has 5 nitrogen and oxygen atoms in total. The molecule has 1 amide bonds. The Labute approximate surface area is 118 Å². The van der Waals surface area contributed by atoms with Gasteiger partial charge >= 0.3 is 0 Å². The Hall–Kier alpha value is -1.33. The van der Waals surface area contributed by atoms with Crippen LogP contribution < -0.4 is 5.32 Å². The molecule has 2 bridgehead atoms. The molecule has 3 unspecified atom stereocenters. The van der Waals surface area contributed by atoms with Gasteiger partial charge in [0.05, 0.1) is 25.0 Å². The molecule has 0 aromatic carbocycles. The lowest BCUT2D eigenvalue weighted by Gasteiger charge is -2.36. The van der Waals surface area contributed by atoms with Gasteiger partial charge in [0.1, 0.15) is 5.76 Å². The number of aliphatic hydroxyl groups is 1. The standard InChI is InChI=1S/C15H22N2O3/c1-10(14-3-2-6-20-14)16-15(19)9-17-11-4-5-12(17)8-13(18)7-11/h2-3,6,10-13,18H,4-5,7-9H2,1H3,(H,16,19). The summed E-state index contributed by atoms with van der Waals surface area (Å²) in [7, 11) is 0. The minimum atomic E-state index is -0.186. The highest BCUT2D eigenvalue weighted by Crippen LogP contribution is 2.35. The molecule has 2 fully saturated rings. The molecule has 2 N–H and O–H groups in total. The summed E-state index contributed by atoms with van der Waals surface area (Å²) in [4.78, 5) is 14.4. The molecule has 110 valence electrons. The minimum Gasteiger partial charge on any atom is -0.467 e. The van der Waals surface area contributed by atoms with E-state index >= 15 is 0 Å². The van der Waals surface area contributed by atoms with Gasteiger partial charge in [0.25, 0.3) is 0 Å². The molecule has 3 heterocycles. The Kier molecular flexibility index (Phi) is 3.81. The Morgan fingerprint density at radius 1 is 1.50 bits per heavy atom. The molecule has 3 atom stereocenters. The van der Waals surface area contributed by atoms with Crippen LogP contribution in [0.1, 0.15) is 44.4 Å². The van der Waals surface area contributed by atoms with Gasteiger partial charge in [0.2, 0.25) is 5.91 Å². The van der Waals surface area contributed by atoms with Gasteiger partial charge in [-0.2, -0.15) is 0 Å². The molecule has 20 heavy (non-hydrogen) atoms. The van der Waals surface area contributed by atoms with Gasteiger partial charge < -0.3 is 14.8 Å². The fraction of sp³-hybridized carbons (Fsp3) is 0.667. The smallest absolute Gasteiger partial charge is 0.234 e. The first-order valence-electron chi connectivity index (χ1n) is 7.40. The molecule has 3 rings (SSSR count). The maximum Gasteiger partial charge on any atom is 0.234 e. The van der Waals surface area contributed by atoms with E-state index in [2.05, 4.69) is 10.2 Å².